The summed E-state index contributed by atoms with van der Waals surface area (Å²) in [6.45, 7) is 7.66. The summed E-state index contributed by atoms with van der Waals surface area (Å²) < 4.78 is 38.8. The van der Waals surface area contributed by atoms with Crippen LogP contribution < -0.4 is 10.6 Å². The van der Waals surface area contributed by atoms with Gasteiger partial charge in [-0.2, -0.15) is 13.2 Å². The number of nitrogens with one attached hydrogen (secondary N) is 2. The number of carboxylic acid groups (broad SMARTS) is 1. The molecule has 1 atom stereocenters. The Morgan fingerprint density at radius 2 is 1.75 bits per heavy atom. The fourth-order valence-electron chi connectivity index (χ4n) is 2.48. The zero-order chi connectivity index (χ0) is 24.5. The Balaban J connectivity index is 2.95. The standard InChI is InChI=1S/C23H23F3N2O4/c1-5-7-16(12-20(29)30)15-8-10-18(11-9-15)27-21(31)22(32)28-19(14(3)4)13-17(6-2)23(24,25)26/h6,8-11,13,16H,2,12H2,1,3-4H3,(H,27,31)(H,28,32)(H,29,30)/b17-13+/t16-/m0/s1. The minimum Gasteiger partial charge on any atom is -0.481 e. The number of carbonyl (C=O) groups excluding carboxylic acids is 2. The topological polar surface area (TPSA) is 95.5 Å². The van der Waals surface area contributed by atoms with Gasteiger partial charge in [-0.1, -0.05) is 36.3 Å². The van der Waals surface area contributed by atoms with E-state index in [1.807, 2.05) is 0 Å². The first-order chi connectivity index (χ1) is 14.9. The van der Waals surface area contributed by atoms with Gasteiger partial charge in [0, 0.05) is 11.4 Å². The second-order valence-corrected chi connectivity index (χ2v) is 6.79. The van der Waals surface area contributed by atoms with Gasteiger partial charge in [0.05, 0.1) is 17.9 Å². The van der Waals surface area contributed by atoms with Crippen molar-refractivity contribution in [1.29, 1.82) is 0 Å². The normalized spacial score (nSPS) is 12.0. The van der Waals surface area contributed by atoms with Gasteiger partial charge in [-0.05, 0) is 44.5 Å². The summed E-state index contributed by atoms with van der Waals surface area (Å²) in [7, 11) is 0. The summed E-state index contributed by atoms with van der Waals surface area (Å²) in [6, 6.07) is 6.06. The number of carbonyl (C=O) groups is 3. The van der Waals surface area contributed by atoms with Crippen LogP contribution in [0.3, 0.4) is 0 Å². The summed E-state index contributed by atoms with van der Waals surface area (Å²) in [5.74, 6) is 1.66. The lowest BCUT2D eigenvalue weighted by molar-refractivity contribution is -0.137. The number of hydrogen-bond acceptors (Lipinski definition) is 3. The summed E-state index contributed by atoms with van der Waals surface area (Å²) in [5, 5.41) is 13.5. The molecule has 0 fully saturated rings. The largest absolute Gasteiger partial charge is 0.481 e. The molecule has 0 aliphatic heterocycles. The first kappa shape index (κ1) is 26.2. The Hall–Kier alpha value is -3.80. The first-order valence-electron chi connectivity index (χ1n) is 9.34. The Morgan fingerprint density at radius 3 is 2.19 bits per heavy atom. The quantitative estimate of drug-likeness (QED) is 0.329. The molecule has 0 aliphatic carbocycles. The molecule has 2 amide bonds. The summed E-state index contributed by atoms with van der Waals surface area (Å²) in [4.78, 5) is 35.3. The van der Waals surface area contributed by atoms with Crippen LogP contribution in [0.15, 0.2) is 59.8 Å². The third-order valence-electron chi connectivity index (χ3n) is 4.11. The molecule has 0 unspecified atom stereocenters. The van der Waals surface area contributed by atoms with Crippen molar-refractivity contribution >= 4 is 23.5 Å². The lowest BCUT2D eigenvalue weighted by atomic mass is 9.96. The molecule has 0 radical (unpaired) electrons. The van der Waals surface area contributed by atoms with Crippen LogP contribution in [0, 0.1) is 11.8 Å². The third kappa shape index (κ3) is 8.14. The van der Waals surface area contributed by atoms with Crippen LogP contribution in [-0.4, -0.2) is 29.1 Å². The Labute approximate surface area is 183 Å². The van der Waals surface area contributed by atoms with Gasteiger partial charge in [-0.3, -0.25) is 14.4 Å². The van der Waals surface area contributed by atoms with E-state index in [1.165, 1.54) is 26.0 Å². The van der Waals surface area contributed by atoms with Gasteiger partial charge in [-0.25, -0.2) is 0 Å². The number of benzene rings is 1. The van der Waals surface area contributed by atoms with Crippen molar-refractivity contribution < 1.29 is 32.7 Å². The molecular formula is C23H23F3N2O4. The van der Waals surface area contributed by atoms with Crippen molar-refractivity contribution in [2.45, 2.75) is 39.3 Å². The third-order valence-corrected chi connectivity index (χ3v) is 4.11. The zero-order valence-electron chi connectivity index (χ0n) is 17.8. The van der Waals surface area contributed by atoms with Crippen LogP contribution in [0.5, 0.6) is 0 Å². The molecule has 1 aromatic carbocycles. The maximum atomic E-state index is 12.9. The molecule has 32 heavy (non-hydrogen) atoms. The smallest absolute Gasteiger partial charge is 0.416 e. The lowest BCUT2D eigenvalue weighted by Gasteiger charge is -2.13. The fraction of sp³-hybridized carbons (Fsp3) is 0.261. The number of anilines is 1. The minimum atomic E-state index is -4.67. The van der Waals surface area contributed by atoms with E-state index in [9.17, 15) is 27.6 Å². The van der Waals surface area contributed by atoms with E-state index in [-0.39, 0.29) is 17.8 Å². The molecular weight excluding hydrogens is 425 g/mol. The number of hydrogen-bond donors (Lipinski definition) is 3. The van der Waals surface area contributed by atoms with Crippen molar-refractivity contribution in [1.82, 2.24) is 5.32 Å². The summed E-state index contributed by atoms with van der Waals surface area (Å²) >= 11 is 0. The van der Waals surface area contributed by atoms with E-state index in [0.29, 0.717) is 23.3 Å². The number of alkyl halides is 3. The van der Waals surface area contributed by atoms with E-state index in [0.717, 1.165) is 0 Å². The van der Waals surface area contributed by atoms with Crippen LogP contribution in [0.1, 0.15) is 38.7 Å². The highest BCUT2D eigenvalue weighted by Gasteiger charge is 2.32. The van der Waals surface area contributed by atoms with Crippen LogP contribution in [0.2, 0.25) is 0 Å². The van der Waals surface area contributed by atoms with Crippen LogP contribution >= 0.6 is 0 Å². The van der Waals surface area contributed by atoms with Crippen LogP contribution in [0.25, 0.3) is 0 Å². The average molecular weight is 448 g/mol. The number of amides is 2. The van der Waals surface area contributed by atoms with Gasteiger partial charge in [0.25, 0.3) is 0 Å². The van der Waals surface area contributed by atoms with Gasteiger partial charge in [0.1, 0.15) is 0 Å². The Bertz CT molecular complexity index is 1010. The number of aliphatic carboxylic acids is 1. The molecule has 6 nitrogen and oxygen atoms in total. The zero-order valence-corrected chi connectivity index (χ0v) is 17.8. The monoisotopic (exact) mass is 448 g/mol. The van der Waals surface area contributed by atoms with Gasteiger partial charge in [0.2, 0.25) is 0 Å². The van der Waals surface area contributed by atoms with E-state index < -0.39 is 35.5 Å². The lowest BCUT2D eigenvalue weighted by Crippen LogP contribution is -2.35. The van der Waals surface area contributed by atoms with Gasteiger partial charge in [0.15, 0.2) is 0 Å². The second kappa shape index (κ2) is 11.6. The van der Waals surface area contributed by atoms with E-state index in [2.05, 4.69) is 29.1 Å². The van der Waals surface area contributed by atoms with Gasteiger partial charge in [-0.15, -0.1) is 5.92 Å². The molecule has 1 rings (SSSR count). The highest BCUT2D eigenvalue weighted by Crippen LogP contribution is 2.27. The molecule has 0 spiro atoms. The molecule has 0 aliphatic rings. The predicted molar refractivity (Wildman–Crippen MR) is 114 cm³/mol. The highest BCUT2D eigenvalue weighted by molar-refractivity contribution is 6.40. The number of carboxylic acids is 1. The van der Waals surface area contributed by atoms with Crippen molar-refractivity contribution in [2.75, 3.05) is 5.32 Å². The molecule has 0 heterocycles. The SMILES string of the molecule is C=C/C(=C\C(NC(=O)C(=O)Nc1ccc([C@@H](C#CC)CC(=O)O)cc1)=C(C)C)C(F)(F)F. The fourth-order valence-corrected chi connectivity index (χ4v) is 2.48. The highest BCUT2D eigenvalue weighted by atomic mass is 19.4. The molecule has 0 saturated heterocycles. The molecule has 1 aromatic rings. The van der Waals surface area contributed by atoms with Crippen molar-refractivity contribution in [3.8, 4) is 11.8 Å². The second-order valence-electron chi connectivity index (χ2n) is 6.79. The van der Waals surface area contributed by atoms with E-state index >= 15 is 0 Å². The van der Waals surface area contributed by atoms with E-state index in [1.54, 1.807) is 19.1 Å². The molecule has 0 saturated carbocycles. The average Bonchev–Trinajstić information content (AvgIpc) is 2.69. The van der Waals surface area contributed by atoms with E-state index in [4.69, 9.17) is 5.11 Å². The first-order valence-corrected chi connectivity index (χ1v) is 9.34. The molecule has 3 N–H and O–H groups in total. The van der Waals surface area contributed by atoms with Gasteiger partial charge >= 0.3 is 24.0 Å². The Morgan fingerprint density at radius 1 is 1.16 bits per heavy atom. The van der Waals surface area contributed by atoms with Crippen molar-refractivity contribution in [2.24, 2.45) is 0 Å². The number of allylic oxidation sites excluding steroid dienone is 4. The minimum absolute atomic E-state index is 0.178. The predicted octanol–water partition coefficient (Wildman–Crippen LogP) is 4.29. The van der Waals surface area contributed by atoms with Crippen LogP contribution in [-0.2, 0) is 14.4 Å². The van der Waals surface area contributed by atoms with Gasteiger partial charge < -0.3 is 15.7 Å². The maximum absolute atomic E-state index is 12.9. The molecule has 0 aromatic heterocycles. The Kier molecular flexibility index (Phi) is 9.47. The number of rotatable bonds is 7. The number of halogens is 3. The summed E-state index contributed by atoms with van der Waals surface area (Å²) in [6.07, 6.45) is -3.56. The molecule has 9 heteroatoms. The van der Waals surface area contributed by atoms with Crippen molar-refractivity contribution in [3.63, 3.8) is 0 Å². The molecule has 0 bridgehead atoms. The molecule has 170 valence electrons. The van der Waals surface area contributed by atoms with Crippen LogP contribution in [0.4, 0.5) is 18.9 Å². The summed E-state index contributed by atoms with van der Waals surface area (Å²) in [5.41, 5.74) is -0.0480. The van der Waals surface area contributed by atoms with Crippen molar-refractivity contribution in [3.05, 3.63) is 65.4 Å². The maximum Gasteiger partial charge on any atom is 0.416 e.